The van der Waals surface area contributed by atoms with Crippen LogP contribution in [0.4, 0.5) is 0 Å². The summed E-state index contributed by atoms with van der Waals surface area (Å²) < 4.78 is 0. The third-order valence-electron chi connectivity index (χ3n) is 3.55. The van der Waals surface area contributed by atoms with Crippen LogP contribution in [-0.4, -0.2) is 34.4 Å². The molecule has 0 radical (unpaired) electrons. The van der Waals surface area contributed by atoms with Crippen molar-refractivity contribution < 1.29 is 10.0 Å². The van der Waals surface area contributed by atoms with Crippen molar-refractivity contribution in [2.75, 3.05) is 6.54 Å². The zero-order valence-electron chi connectivity index (χ0n) is 10.9. The Morgan fingerprint density at radius 2 is 2.18 bits per heavy atom. The molecule has 0 saturated heterocycles. The van der Waals surface area contributed by atoms with E-state index in [1.54, 1.807) is 4.90 Å². The number of rotatable bonds is 4. The molecule has 0 heterocycles. The van der Waals surface area contributed by atoms with Gasteiger partial charge in [0.1, 0.15) is 0 Å². The average molecular weight is 241 g/mol. The first kappa shape index (κ1) is 13.8. The number of nitrogens with two attached hydrogens (primary N) is 1. The molecule has 0 spiro atoms. The molecule has 0 aromatic carbocycles. The second-order valence-electron chi connectivity index (χ2n) is 5.17. The Labute approximate surface area is 103 Å². The van der Waals surface area contributed by atoms with Crippen LogP contribution >= 0.6 is 0 Å². The molecule has 98 valence electrons. The van der Waals surface area contributed by atoms with Crippen LogP contribution in [0, 0.1) is 11.8 Å². The molecule has 1 fully saturated rings. The molecule has 5 nitrogen and oxygen atoms in total. The van der Waals surface area contributed by atoms with Crippen LogP contribution in [0.15, 0.2) is 5.16 Å². The molecule has 1 saturated carbocycles. The lowest BCUT2D eigenvalue weighted by molar-refractivity contribution is -0.137. The zero-order valence-corrected chi connectivity index (χ0v) is 10.9. The number of amidine groups is 1. The number of carbonyl (C=O) groups excluding carboxylic acids is 1. The summed E-state index contributed by atoms with van der Waals surface area (Å²) in [6.07, 6.45) is 3.19. The first-order valence-corrected chi connectivity index (χ1v) is 6.24. The maximum atomic E-state index is 12.4. The maximum Gasteiger partial charge on any atom is 0.226 e. The van der Waals surface area contributed by atoms with Gasteiger partial charge in [-0.05, 0) is 32.6 Å². The highest BCUT2D eigenvalue weighted by Gasteiger charge is 2.33. The van der Waals surface area contributed by atoms with Crippen molar-refractivity contribution in [2.45, 2.75) is 46.1 Å². The lowest BCUT2D eigenvalue weighted by Crippen LogP contribution is -2.46. The Balaban J connectivity index is 2.73. The van der Waals surface area contributed by atoms with Crippen LogP contribution in [-0.2, 0) is 4.79 Å². The Morgan fingerprint density at radius 1 is 1.53 bits per heavy atom. The third-order valence-corrected chi connectivity index (χ3v) is 3.55. The van der Waals surface area contributed by atoms with E-state index in [1.807, 2.05) is 13.8 Å². The lowest BCUT2D eigenvalue weighted by atomic mass is 9.96. The van der Waals surface area contributed by atoms with Crippen molar-refractivity contribution in [2.24, 2.45) is 22.7 Å². The number of hydrogen-bond donors (Lipinski definition) is 2. The minimum absolute atomic E-state index is 0.0654. The summed E-state index contributed by atoms with van der Waals surface area (Å²) in [4.78, 5) is 14.1. The van der Waals surface area contributed by atoms with E-state index in [2.05, 4.69) is 12.1 Å². The van der Waals surface area contributed by atoms with Gasteiger partial charge < -0.3 is 15.8 Å². The zero-order chi connectivity index (χ0) is 13.0. The van der Waals surface area contributed by atoms with Crippen LogP contribution < -0.4 is 5.73 Å². The van der Waals surface area contributed by atoms with E-state index in [1.165, 1.54) is 0 Å². The molecule has 3 N–H and O–H groups in total. The quantitative estimate of drug-likeness (QED) is 0.338. The van der Waals surface area contributed by atoms with Gasteiger partial charge in [-0.1, -0.05) is 18.5 Å². The molecular weight excluding hydrogens is 218 g/mol. The number of amides is 1. The van der Waals surface area contributed by atoms with Crippen molar-refractivity contribution >= 4 is 11.7 Å². The number of oxime groups is 1. The Hall–Kier alpha value is -1.26. The van der Waals surface area contributed by atoms with Crippen LogP contribution in [0.25, 0.3) is 0 Å². The molecule has 1 aliphatic carbocycles. The van der Waals surface area contributed by atoms with Crippen LogP contribution in [0.1, 0.15) is 40.0 Å². The average Bonchev–Trinajstić information content (AvgIpc) is 2.70. The van der Waals surface area contributed by atoms with Crippen molar-refractivity contribution in [1.29, 1.82) is 0 Å². The van der Waals surface area contributed by atoms with E-state index in [4.69, 9.17) is 10.9 Å². The monoisotopic (exact) mass is 241 g/mol. The highest BCUT2D eigenvalue weighted by Crippen LogP contribution is 2.32. The van der Waals surface area contributed by atoms with E-state index >= 15 is 0 Å². The fourth-order valence-corrected chi connectivity index (χ4v) is 2.45. The summed E-state index contributed by atoms with van der Waals surface area (Å²) in [7, 11) is 0. The SMILES string of the molecule is CC1CCCC1C(=O)N(CC(N)=NO)C(C)C. The first-order chi connectivity index (χ1) is 7.97. The van der Waals surface area contributed by atoms with Gasteiger partial charge in [-0.15, -0.1) is 0 Å². The van der Waals surface area contributed by atoms with E-state index < -0.39 is 0 Å². The fourth-order valence-electron chi connectivity index (χ4n) is 2.45. The van der Waals surface area contributed by atoms with Gasteiger partial charge in [0.25, 0.3) is 0 Å². The molecule has 2 atom stereocenters. The minimum Gasteiger partial charge on any atom is -0.409 e. The van der Waals surface area contributed by atoms with Gasteiger partial charge in [0, 0.05) is 12.0 Å². The van der Waals surface area contributed by atoms with Gasteiger partial charge in [-0.25, -0.2) is 0 Å². The maximum absolute atomic E-state index is 12.4. The van der Waals surface area contributed by atoms with E-state index in [-0.39, 0.29) is 30.2 Å². The molecule has 0 aromatic rings. The fraction of sp³-hybridized carbons (Fsp3) is 0.833. The van der Waals surface area contributed by atoms with Crippen molar-refractivity contribution in [1.82, 2.24) is 4.90 Å². The van der Waals surface area contributed by atoms with Gasteiger partial charge in [0.15, 0.2) is 5.84 Å². The summed E-state index contributed by atoms with van der Waals surface area (Å²) in [5, 5.41) is 11.5. The Kier molecular flexibility index (Phi) is 4.78. The number of carbonyl (C=O) groups is 1. The molecule has 0 aliphatic heterocycles. The first-order valence-electron chi connectivity index (χ1n) is 6.24. The van der Waals surface area contributed by atoms with E-state index in [0.717, 1.165) is 19.3 Å². The highest BCUT2D eigenvalue weighted by molar-refractivity contribution is 5.88. The molecule has 1 rings (SSSR count). The number of hydrogen-bond acceptors (Lipinski definition) is 3. The van der Waals surface area contributed by atoms with Crippen molar-refractivity contribution in [3.63, 3.8) is 0 Å². The largest absolute Gasteiger partial charge is 0.409 e. The smallest absolute Gasteiger partial charge is 0.226 e. The molecule has 2 unspecified atom stereocenters. The summed E-state index contributed by atoms with van der Waals surface area (Å²) >= 11 is 0. The predicted octanol–water partition coefficient (Wildman–Crippen LogP) is 1.41. The molecule has 0 bridgehead atoms. The second kappa shape index (κ2) is 5.89. The van der Waals surface area contributed by atoms with Crippen molar-refractivity contribution in [3.05, 3.63) is 0 Å². The van der Waals surface area contributed by atoms with E-state index in [9.17, 15) is 4.79 Å². The van der Waals surface area contributed by atoms with Gasteiger partial charge in [0.05, 0.1) is 6.54 Å². The van der Waals surface area contributed by atoms with E-state index in [0.29, 0.717) is 5.92 Å². The van der Waals surface area contributed by atoms with Gasteiger partial charge in [-0.2, -0.15) is 0 Å². The standard InChI is InChI=1S/C12H23N3O2/c1-8(2)15(7-11(13)14-17)12(16)10-6-4-5-9(10)3/h8-10,17H,4-7H2,1-3H3,(H2,13,14). The molecule has 5 heteroatoms. The van der Waals surface area contributed by atoms with Crippen LogP contribution in [0.5, 0.6) is 0 Å². The lowest BCUT2D eigenvalue weighted by Gasteiger charge is -2.30. The minimum atomic E-state index is 0.0654. The number of nitrogens with zero attached hydrogens (tertiary/aromatic N) is 2. The summed E-state index contributed by atoms with van der Waals surface area (Å²) in [6, 6.07) is 0.0654. The predicted molar refractivity (Wildman–Crippen MR) is 66.8 cm³/mol. The van der Waals surface area contributed by atoms with Crippen molar-refractivity contribution in [3.8, 4) is 0 Å². The molecule has 1 aliphatic rings. The Morgan fingerprint density at radius 3 is 2.59 bits per heavy atom. The molecular formula is C12H23N3O2. The summed E-state index contributed by atoms with van der Waals surface area (Å²) in [5.41, 5.74) is 5.49. The second-order valence-corrected chi connectivity index (χ2v) is 5.17. The topological polar surface area (TPSA) is 78.9 Å². The van der Waals surface area contributed by atoms with Gasteiger partial charge in [-0.3, -0.25) is 4.79 Å². The molecule has 17 heavy (non-hydrogen) atoms. The molecule has 1 amide bonds. The van der Waals surface area contributed by atoms with Crippen LogP contribution in [0.3, 0.4) is 0 Å². The third kappa shape index (κ3) is 3.35. The highest BCUT2D eigenvalue weighted by atomic mass is 16.4. The molecule has 0 aromatic heterocycles. The Bertz CT molecular complexity index is 302. The van der Waals surface area contributed by atoms with Gasteiger partial charge >= 0.3 is 0 Å². The van der Waals surface area contributed by atoms with Gasteiger partial charge in [0.2, 0.25) is 5.91 Å². The van der Waals surface area contributed by atoms with Crippen LogP contribution in [0.2, 0.25) is 0 Å². The summed E-state index contributed by atoms with van der Waals surface area (Å²) in [5.74, 6) is 0.759. The summed E-state index contributed by atoms with van der Waals surface area (Å²) in [6.45, 7) is 6.22. The normalized spacial score (nSPS) is 25.3.